The summed E-state index contributed by atoms with van der Waals surface area (Å²) >= 11 is 0. The largest absolute Gasteiger partial charge is 0.373 e. The molecule has 1 aromatic rings. The number of rotatable bonds is 10. The summed E-state index contributed by atoms with van der Waals surface area (Å²) in [6.45, 7) is 5.37. The van der Waals surface area contributed by atoms with Crippen molar-refractivity contribution in [2.24, 2.45) is 5.84 Å². The molecule has 0 aliphatic rings. The Hall–Kier alpha value is -1.20. The minimum Gasteiger partial charge on any atom is -0.373 e. The monoisotopic (exact) mass is 266 g/mol. The summed E-state index contributed by atoms with van der Waals surface area (Å²) in [4.78, 5) is 8.55. The Morgan fingerprint density at radius 2 is 1.89 bits per heavy atom. The molecular weight excluding hydrogens is 240 g/mol. The van der Waals surface area contributed by atoms with Gasteiger partial charge < -0.3 is 10.2 Å². The van der Waals surface area contributed by atoms with Crippen molar-refractivity contribution in [1.82, 2.24) is 9.97 Å². The number of anilines is 1. The van der Waals surface area contributed by atoms with E-state index in [-0.39, 0.29) is 0 Å². The normalized spacial score (nSPS) is 10.7. The number of nitrogen functional groups attached to an aromatic ring is 1. The maximum Gasteiger partial charge on any atom is 0.156 e. The number of aryl methyl sites for hydroxylation is 1. The van der Waals surface area contributed by atoms with Crippen LogP contribution in [0.2, 0.25) is 0 Å². The molecule has 5 heteroatoms. The summed E-state index contributed by atoms with van der Waals surface area (Å²) < 4.78 is 5.59. The Morgan fingerprint density at radius 3 is 2.63 bits per heavy atom. The highest BCUT2D eigenvalue weighted by atomic mass is 16.5. The van der Waals surface area contributed by atoms with E-state index in [1.807, 2.05) is 6.92 Å². The summed E-state index contributed by atoms with van der Waals surface area (Å²) in [7, 11) is 0. The molecule has 0 saturated carbocycles. The van der Waals surface area contributed by atoms with Crippen molar-refractivity contribution in [3.05, 3.63) is 17.6 Å². The van der Waals surface area contributed by atoms with Gasteiger partial charge in [-0.2, -0.15) is 0 Å². The molecule has 0 aromatic carbocycles. The van der Waals surface area contributed by atoms with Crippen LogP contribution in [0.15, 0.2) is 6.07 Å². The quantitative estimate of drug-likeness (QED) is 0.387. The third-order valence-electron chi connectivity index (χ3n) is 2.92. The Kier molecular flexibility index (Phi) is 8.09. The second kappa shape index (κ2) is 9.69. The molecule has 0 amide bonds. The minimum absolute atomic E-state index is 0.450. The summed E-state index contributed by atoms with van der Waals surface area (Å²) in [5.41, 5.74) is 3.42. The number of nitrogens with two attached hydrogens (primary N) is 1. The minimum atomic E-state index is 0.450. The number of nitrogens with zero attached hydrogens (tertiary/aromatic N) is 2. The van der Waals surface area contributed by atoms with Crippen molar-refractivity contribution in [3.63, 3.8) is 0 Å². The van der Waals surface area contributed by atoms with Crippen LogP contribution in [0.4, 0.5) is 5.82 Å². The smallest absolute Gasteiger partial charge is 0.156 e. The Bertz CT molecular complexity index is 357. The number of unbranched alkanes of at least 4 members (excludes halogenated alkanes) is 5. The fourth-order valence-corrected chi connectivity index (χ4v) is 1.92. The molecule has 0 saturated heterocycles. The van der Waals surface area contributed by atoms with Gasteiger partial charge in [0.25, 0.3) is 0 Å². The van der Waals surface area contributed by atoms with Crippen molar-refractivity contribution >= 4 is 5.82 Å². The zero-order chi connectivity index (χ0) is 13.9. The summed E-state index contributed by atoms with van der Waals surface area (Å²) in [5.74, 6) is 6.65. The van der Waals surface area contributed by atoms with Gasteiger partial charge in [-0.05, 0) is 13.3 Å². The average molecular weight is 266 g/mol. The van der Waals surface area contributed by atoms with Crippen LogP contribution in [0.5, 0.6) is 0 Å². The van der Waals surface area contributed by atoms with Gasteiger partial charge in [-0.15, -0.1) is 0 Å². The summed E-state index contributed by atoms with van der Waals surface area (Å²) in [5, 5.41) is 0. The van der Waals surface area contributed by atoms with E-state index >= 15 is 0 Å². The molecular formula is C14H26N4O. The molecule has 0 aliphatic carbocycles. The molecule has 0 spiro atoms. The lowest BCUT2D eigenvalue weighted by atomic mass is 10.1. The summed E-state index contributed by atoms with van der Waals surface area (Å²) in [6, 6.07) is 1.80. The molecule has 108 valence electrons. The fourth-order valence-electron chi connectivity index (χ4n) is 1.92. The van der Waals surface area contributed by atoms with E-state index in [2.05, 4.69) is 22.3 Å². The number of aromatic nitrogens is 2. The van der Waals surface area contributed by atoms with E-state index in [4.69, 9.17) is 10.6 Å². The second-order valence-electron chi connectivity index (χ2n) is 4.78. The number of ether oxygens (including phenoxy) is 1. The zero-order valence-electron chi connectivity index (χ0n) is 12.1. The highest BCUT2D eigenvalue weighted by Crippen LogP contribution is 2.07. The number of hydrazine groups is 1. The SMILES string of the molecule is CCCCCCCCOCc1nc(C)cc(NN)n1. The predicted octanol–water partition coefficient (Wildman–Crippen LogP) is 2.95. The van der Waals surface area contributed by atoms with Gasteiger partial charge in [0, 0.05) is 18.4 Å². The first-order valence-electron chi connectivity index (χ1n) is 7.15. The van der Waals surface area contributed by atoms with E-state index in [9.17, 15) is 0 Å². The third-order valence-corrected chi connectivity index (χ3v) is 2.92. The van der Waals surface area contributed by atoms with Gasteiger partial charge in [0.2, 0.25) is 0 Å². The van der Waals surface area contributed by atoms with Crippen LogP contribution in [0.3, 0.4) is 0 Å². The topological polar surface area (TPSA) is 73.1 Å². The second-order valence-corrected chi connectivity index (χ2v) is 4.78. The van der Waals surface area contributed by atoms with Crippen LogP contribution in [0, 0.1) is 6.92 Å². The molecule has 0 fully saturated rings. The highest BCUT2D eigenvalue weighted by Gasteiger charge is 2.01. The molecule has 0 radical (unpaired) electrons. The zero-order valence-corrected chi connectivity index (χ0v) is 12.1. The molecule has 1 heterocycles. The van der Waals surface area contributed by atoms with Crippen LogP contribution in [-0.2, 0) is 11.3 Å². The van der Waals surface area contributed by atoms with Gasteiger partial charge in [-0.1, -0.05) is 39.0 Å². The highest BCUT2D eigenvalue weighted by molar-refractivity contribution is 5.33. The van der Waals surface area contributed by atoms with E-state index in [0.29, 0.717) is 18.2 Å². The Morgan fingerprint density at radius 1 is 1.16 bits per heavy atom. The standard InChI is InChI=1S/C14H26N4O/c1-3-4-5-6-7-8-9-19-11-14-16-12(2)10-13(17-14)18-15/h10H,3-9,11,15H2,1-2H3,(H,16,17,18). The lowest BCUT2D eigenvalue weighted by Gasteiger charge is -2.06. The third kappa shape index (κ3) is 7.08. The van der Waals surface area contributed by atoms with Crippen molar-refractivity contribution < 1.29 is 4.74 Å². The molecule has 0 aliphatic heterocycles. The molecule has 0 atom stereocenters. The Labute approximate surface area is 115 Å². The van der Waals surface area contributed by atoms with E-state index in [0.717, 1.165) is 18.7 Å². The predicted molar refractivity (Wildman–Crippen MR) is 77.6 cm³/mol. The fraction of sp³-hybridized carbons (Fsp3) is 0.714. The lowest BCUT2D eigenvalue weighted by Crippen LogP contribution is -2.11. The van der Waals surface area contributed by atoms with Gasteiger partial charge in [-0.3, -0.25) is 0 Å². The molecule has 0 bridgehead atoms. The van der Waals surface area contributed by atoms with Crippen LogP contribution < -0.4 is 11.3 Å². The van der Waals surface area contributed by atoms with Crippen LogP contribution in [-0.4, -0.2) is 16.6 Å². The maximum absolute atomic E-state index is 5.59. The summed E-state index contributed by atoms with van der Waals surface area (Å²) in [6.07, 6.45) is 7.62. The first-order chi connectivity index (χ1) is 9.26. The van der Waals surface area contributed by atoms with Crippen LogP contribution in [0.25, 0.3) is 0 Å². The number of hydrogen-bond donors (Lipinski definition) is 2. The molecule has 1 rings (SSSR count). The van der Waals surface area contributed by atoms with Crippen molar-refractivity contribution in [2.75, 3.05) is 12.0 Å². The lowest BCUT2D eigenvalue weighted by molar-refractivity contribution is 0.111. The molecule has 1 aromatic heterocycles. The molecule has 0 unspecified atom stereocenters. The first-order valence-corrected chi connectivity index (χ1v) is 7.15. The van der Waals surface area contributed by atoms with Crippen LogP contribution in [0.1, 0.15) is 57.0 Å². The number of hydrogen-bond acceptors (Lipinski definition) is 5. The van der Waals surface area contributed by atoms with Gasteiger partial charge in [0.05, 0.1) is 0 Å². The van der Waals surface area contributed by atoms with Gasteiger partial charge >= 0.3 is 0 Å². The maximum atomic E-state index is 5.59. The van der Waals surface area contributed by atoms with Gasteiger partial charge in [0.1, 0.15) is 12.4 Å². The van der Waals surface area contributed by atoms with Crippen molar-refractivity contribution in [1.29, 1.82) is 0 Å². The van der Waals surface area contributed by atoms with E-state index < -0.39 is 0 Å². The van der Waals surface area contributed by atoms with Crippen molar-refractivity contribution in [2.45, 2.75) is 59.0 Å². The average Bonchev–Trinajstić information content (AvgIpc) is 2.41. The van der Waals surface area contributed by atoms with Crippen LogP contribution >= 0.6 is 0 Å². The molecule has 19 heavy (non-hydrogen) atoms. The number of nitrogens with one attached hydrogen (secondary N) is 1. The van der Waals surface area contributed by atoms with Gasteiger partial charge in [0.15, 0.2) is 5.82 Å². The van der Waals surface area contributed by atoms with E-state index in [1.54, 1.807) is 6.07 Å². The van der Waals surface area contributed by atoms with E-state index in [1.165, 1.54) is 32.1 Å². The first kappa shape index (κ1) is 15.9. The Balaban J connectivity index is 2.13. The van der Waals surface area contributed by atoms with Crippen molar-refractivity contribution in [3.8, 4) is 0 Å². The van der Waals surface area contributed by atoms with Gasteiger partial charge in [-0.25, -0.2) is 15.8 Å². The molecule has 5 nitrogen and oxygen atoms in total. The molecule has 3 N–H and O–H groups in total.